The van der Waals surface area contributed by atoms with E-state index in [0.717, 1.165) is 0 Å². The lowest BCUT2D eigenvalue weighted by Crippen LogP contribution is -2.49. The first kappa shape index (κ1) is 10.8. The number of aliphatic hydroxyl groups is 1. The van der Waals surface area contributed by atoms with Gasteiger partial charge in [-0.05, 0) is 6.92 Å². The van der Waals surface area contributed by atoms with Crippen molar-refractivity contribution in [2.24, 2.45) is 0 Å². The lowest BCUT2D eigenvalue weighted by molar-refractivity contribution is -0.103. The minimum Gasteiger partial charge on any atom is -0.394 e. The molecule has 0 spiro atoms. The Morgan fingerprint density at radius 1 is 1.54 bits per heavy atom. The van der Waals surface area contributed by atoms with Crippen molar-refractivity contribution in [3.63, 3.8) is 0 Å². The van der Waals surface area contributed by atoms with Crippen molar-refractivity contribution in [2.45, 2.75) is 25.6 Å². The van der Waals surface area contributed by atoms with E-state index in [1.807, 2.05) is 6.92 Å². The second-order valence-corrected chi connectivity index (χ2v) is 3.36. The Morgan fingerprint density at radius 3 is 2.77 bits per heavy atom. The fourth-order valence-electron chi connectivity index (χ4n) is 1.59. The SMILES string of the molecule is CC1CN(CC(F)F)CC(CO)O1. The molecule has 0 aromatic rings. The molecule has 1 aliphatic rings. The standard InChI is InChI=1S/C8H15F2NO2/c1-6-2-11(4-8(9)10)3-7(5-12)13-6/h6-8,12H,2-5H2,1H3. The quantitative estimate of drug-likeness (QED) is 0.704. The van der Waals surface area contributed by atoms with Crippen molar-refractivity contribution in [3.8, 4) is 0 Å². The van der Waals surface area contributed by atoms with E-state index in [1.54, 1.807) is 4.90 Å². The topological polar surface area (TPSA) is 32.7 Å². The Kier molecular flexibility index (Phi) is 4.02. The number of hydrogen-bond donors (Lipinski definition) is 1. The van der Waals surface area contributed by atoms with E-state index in [1.165, 1.54) is 0 Å². The van der Waals surface area contributed by atoms with E-state index >= 15 is 0 Å². The molecular formula is C8H15F2NO2. The summed E-state index contributed by atoms with van der Waals surface area (Å²) in [4.78, 5) is 1.62. The van der Waals surface area contributed by atoms with Crippen molar-refractivity contribution in [1.29, 1.82) is 0 Å². The molecule has 5 heteroatoms. The molecule has 0 bridgehead atoms. The molecule has 1 N–H and O–H groups in total. The molecule has 3 nitrogen and oxygen atoms in total. The molecular weight excluding hydrogens is 180 g/mol. The zero-order chi connectivity index (χ0) is 9.84. The van der Waals surface area contributed by atoms with Gasteiger partial charge in [0.1, 0.15) is 0 Å². The summed E-state index contributed by atoms with van der Waals surface area (Å²) in [7, 11) is 0. The van der Waals surface area contributed by atoms with Gasteiger partial charge in [0.05, 0.1) is 25.4 Å². The molecule has 1 aliphatic heterocycles. The van der Waals surface area contributed by atoms with Crippen LogP contribution in [0.15, 0.2) is 0 Å². The van der Waals surface area contributed by atoms with Crippen LogP contribution in [0.1, 0.15) is 6.92 Å². The van der Waals surface area contributed by atoms with Crippen LogP contribution in [0, 0.1) is 0 Å². The van der Waals surface area contributed by atoms with Crippen molar-refractivity contribution in [3.05, 3.63) is 0 Å². The second-order valence-electron chi connectivity index (χ2n) is 3.36. The van der Waals surface area contributed by atoms with Gasteiger partial charge in [-0.1, -0.05) is 0 Å². The number of ether oxygens (including phenoxy) is 1. The van der Waals surface area contributed by atoms with Crippen LogP contribution in [0.2, 0.25) is 0 Å². The van der Waals surface area contributed by atoms with Crippen LogP contribution in [0.3, 0.4) is 0 Å². The molecule has 0 aromatic heterocycles. The normalized spacial score (nSPS) is 31.2. The van der Waals surface area contributed by atoms with Gasteiger partial charge in [0.15, 0.2) is 0 Å². The predicted octanol–water partition coefficient (Wildman–Crippen LogP) is 0.333. The highest BCUT2D eigenvalue weighted by atomic mass is 19.3. The van der Waals surface area contributed by atoms with Gasteiger partial charge in [0, 0.05) is 13.1 Å². The van der Waals surface area contributed by atoms with Crippen LogP contribution in [0.5, 0.6) is 0 Å². The maximum Gasteiger partial charge on any atom is 0.251 e. The van der Waals surface area contributed by atoms with E-state index in [9.17, 15) is 8.78 Å². The highest BCUT2D eigenvalue weighted by Gasteiger charge is 2.26. The van der Waals surface area contributed by atoms with E-state index in [0.29, 0.717) is 13.1 Å². The first-order chi connectivity index (χ1) is 6.11. The lowest BCUT2D eigenvalue weighted by atomic mass is 10.2. The second kappa shape index (κ2) is 4.83. The minimum absolute atomic E-state index is 0.0790. The summed E-state index contributed by atoms with van der Waals surface area (Å²) < 4.78 is 29.4. The van der Waals surface area contributed by atoms with Crippen LogP contribution >= 0.6 is 0 Å². The lowest BCUT2D eigenvalue weighted by Gasteiger charge is -2.35. The number of morpholine rings is 1. The van der Waals surface area contributed by atoms with Crippen LogP contribution in [-0.2, 0) is 4.74 Å². The van der Waals surface area contributed by atoms with Gasteiger partial charge in [-0.2, -0.15) is 0 Å². The molecule has 0 saturated carbocycles. The summed E-state index contributed by atoms with van der Waals surface area (Å²) in [5, 5.41) is 8.82. The van der Waals surface area contributed by atoms with E-state index < -0.39 is 6.43 Å². The molecule has 78 valence electrons. The third kappa shape index (κ3) is 3.54. The molecule has 0 amide bonds. The monoisotopic (exact) mass is 195 g/mol. The Labute approximate surface area is 76.3 Å². The minimum atomic E-state index is -2.32. The third-order valence-corrected chi connectivity index (χ3v) is 2.00. The van der Waals surface area contributed by atoms with E-state index in [4.69, 9.17) is 9.84 Å². The van der Waals surface area contributed by atoms with E-state index in [-0.39, 0.29) is 25.4 Å². The number of alkyl halides is 2. The summed E-state index contributed by atoms with van der Waals surface area (Å²) in [6.45, 7) is 2.39. The van der Waals surface area contributed by atoms with Gasteiger partial charge in [-0.25, -0.2) is 8.78 Å². The van der Waals surface area contributed by atoms with Gasteiger partial charge < -0.3 is 9.84 Å². The summed E-state index contributed by atoms with van der Waals surface area (Å²) in [5.74, 6) is 0. The summed E-state index contributed by atoms with van der Waals surface area (Å²) in [6.07, 6.45) is -2.71. The summed E-state index contributed by atoms with van der Waals surface area (Å²) in [6, 6.07) is 0. The molecule has 0 aromatic carbocycles. The fourth-order valence-corrected chi connectivity index (χ4v) is 1.59. The van der Waals surface area contributed by atoms with Gasteiger partial charge in [-0.15, -0.1) is 0 Å². The van der Waals surface area contributed by atoms with Gasteiger partial charge in [-0.3, -0.25) is 4.90 Å². The molecule has 1 saturated heterocycles. The maximum absolute atomic E-state index is 12.0. The van der Waals surface area contributed by atoms with Crippen molar-refractivity contribution in [1.82, 2.24) is 4.90 Å². The number of rotatable bonds is 3. The summed E-state index contributed by atoms with van der Waals surface area (Å²) >= 11 is 0. The van der Waals surface area contributed by atoms with Crippen molar-refractivity contribution >= 4 is 0 Å². The van der Waals surface area contributed by atoms with Crippen LogP contribution < -0.4 is 0 Å². The number of nitrogens with zero attached hydrogens (tertiary/aromatic N) is 1. The molecule has 0 radical (unpaired) electrons. The first-order valence-corrected chi connectivity index (χ1v) is 4.38. The molecule has 2 unspecified atom stereocenters. The zero-order valence-corrected chi connectivity index (χ0v) is 7.62. The van der Waals surface area contributed by atoms with Gasteiger partial charge in [0.2, 0.25) is 0 Å². The molecule has 13 heavy (non-hydrogen) atoms. The van der Waals surface area contributed by atoms with Gasteiger partial charge >= 0.3 is 0 Å². The highest BCUT2D eigenvalue weighted by Crippen LogP contribution is 2.11. The Balaban J connectivity index is 2.37. The average Bonchev–Trinajstić information content (AvgIpc) is 2.01. The van der Waals surface area contributed by atoms with Crippen molar-refractivity contribution in [2.75, 3.05) is 26.2 Å². The van der Waals surface area contributed by atoms with Gasteiger partial charge in [0.25, 0.3) is 6.43 Å². The van der Waals surface area contributed by atoms with Crippen molar-refractivity contribution < 1.29 is 18.6 Å². The average molecular weight is 195 g/mol. The third-order valence-electron chi connectivity index (χ3n) is 2.00. The smallest absolute Gasteiger partial charge is 0.251 e. The molecule has 1 fully saturated rings. The van der Waals surface area contributed by atoms with Crippen LogP contribution in [0.25, 0.3) is 0 Å². The molecule has 1 heterocycles. The number of aliphatic hydroxyl groups excluding tert-OH is 1. The number of halogens is 2. The zero-order valence-electron chi connectivity index (χ0n) is 7.62. The first-order valence-electron chi connectivity index (χ1n) is 4.38. The predicted molar refractivity (Wildman–Crippen MR) is 43.9 cm³/mol. The van der Waals surface area contributed by atoms with E-state index in [2.05, 4.69) is 0 Å². The van der Waals surface area contributed by atoms with Crippen LogP contribution in [-0.4, -0.2) is 54.9 Å². The molecule has 1 rings (SSSR count). The fraction of sp³-hybridized carbons (Fsp3) is 1.00. The Morgan fingerprint density at radius 2 is 2.23 bits per heavy atom. The summed E-state index contributed by atoms with van der Waals surface area (Å²) in [5.41, 5.74) is 0. The van der Waals surface area contributed by atoms with Crippen LogP contribution in [0.4, 0.5) is 8.78 Å². The number of hydrogen-bond acceptors (Lipinski definition) is 3. The molecule has 2 atom stereocenters. The largest absolute Gasteiger partial charge is 0.394 e. The Hall–Kier alpha value is -0.260. The Bertz CT molecular complexity index is 155. The highest BCUT2D eigenvalue weighted by molar-refractivity contribution is 4.75. The molecule has 0 aliphatic carbocycles. The maximum atomic E-state index is 12.0.